The molecule has 4 rings (SSSR count). The highest BCUT2D eigenvalue weighted by Crippen LogP contribution is 2.25. The Balaban J connectivity index is 1.51. The van der Waals surface area contributed by atoms with Gasteiger partial charge in [0.15, 0.2) is 0 Å². The zero-order valence-corrected chi connectivity index (χ0v) is 18.1. The maximum absolute atomic E-state index is 10.9. The minimum Gasteiger partial charge on any atom is -0.390 e. The van der Waals surface area contributed by atoms with Gasteiger partial charge in [-0.15, -0.1) is 0 Å². The zero-order valence-electron chi connectivity index (χ0n) is 18.1. The summed E-state index contributed by atoms with van der Waals surface area (Å²) in [6.45, 7) is 1.28. The smallest absolute Gasteiger partial charge is 0.116 e. The maximum Gasteiger partial charge on any atom is 0.116 e. The molecule has 0 fully saturated rings. The second kappa shape index (κ2) is 11.7. The van der Waals surface area contributed by atoms with Crippen LogP contribution in [0.4, 0.5) is 0 Å². The quantitative estimate of drug-likeness (QED) is 0.482. The molecule has 4 heteroatoms. The van der Waals surface area contributed by atoms with Crippen LogP contribution < -0.4 is 0 Å². The van der Waals surface area contributed by atoms with Crippen LogP contribution in [-0.2, 0) is 34.0 Å². The van der Waals surface area contributed by atoms with Gasteiger partial charge in [-0.25, -0.2) is 0 Å². The van der Waals surface area contributed by atoms with E-state index in [4.69, 9.17) is 14.2 Å². The number of rotatable bonds is 9. The molecule has 0 radical (unpaired) electrons. The van der Waals surface area contributed by atoms with Crippen LogP contribution >= 0.6 is 0 Å². The van der Waals surface area contributed by atoms with E-state index in [-0.39, 0.29) is 6.10 Å². The van der Waals surface area contributed by atoms with Gasteiger partial charge < -0.3 is 19.3 Å². The lowest BCUT2D eigenvalue weighted by Crippen LogP contribution is -2.46. The van der Waals surface area contributed by atoms with Gasteiger partial charge in [0.1, 0.15) is 18.3 Å². The fourth-order valence-corrected chi connectivity index (χ4v) is 3.85. The molecule has 4 nitrogen and oxygen atoms in total. The van der Waals surface area contributed by atoms with Crippen LogP contribution in [0.5, 0.6) is 0 Å². The molecule has 3 aromatic rings. The first-order valence-electron chi connectivity index (χ1n) is 11.1. The first-order valence-corrected chi connectivity index (χ1v) is 11.1. The van der Waals surface area contributed by atoms with Crippen molar-refractivity contribution >= 4 is 0 Å². The second-order valence-corrected chi connectivity index (χ2v) is 8.01. The lowest BCUT2D eigenvalue weighted by molar-refractivity contribution is -0.165. The summed E-state index contributed by atoms with van der Waals surface area (Å²) in [4.78, 5) is 0. The minimum atomic E-state index is -0.680. The molecule has 0 bridgehead atoms. The number of hydrogen-bond donors (Lipinski definition) is 1. The van der Waals surface area contributed by atoms with Crippen molar-refractivity contribution < 1.29 is 19.3 Å². The molecule has 0 aliphatic heterocycles. The lowest BCUT2D eigenvalue weighted by Gasteiger charge is -2.33. The Morgan fingerprint density at radius 1 is 0.594 bits per heavy atom. The standard InChI is InChI=1S/C28H30O4/c29-25-17-10-18-26(30-19-22-11-4-1-5-12-22)28(32-21-24-15-8-3-9-16-24)27(25)31-20-23-13-6-2-7-14-23/h1-16,18,25-29H,17,19-21H2. The zero-order chi connectivity index (χ0) is 22.0. The van der Waals surface area contributed by atoms with Crippen LogP contribution in [0.2, 0.25) is 0 Å². The molecule has 1 aliphatic rings. The molecule has 4 unspecified atom stereocenters. The number of ether oxygens (including phenoxy) is 3. The molecule has 0 heterocycles. The first-order chi connectivity index (χ1) is 15.8. The van der Waals surface area contributed by atoms with Crippen LogP contribution in [0.1, 0.15) is 23.1 Å². The van der Waals surface area contributed by atoms with Crippen LogP contribution in [0.25, 0.3) is 0 Å². The van der Waals surface area contributed by atoms with E-state index in [1.807, 2.05) is 103 Å². The summed E-state index contributed by atoms with van der Waals surface area (Å²) >= 11 is 0. The highest BCUT2D eigenvalue weighted by molar-refractivity contribution is 5.16. The number of hydrogen-bond acceptors (Lipinski definition) is 4. The average molecular weight is 431 g/mol. The van der Waals surface area contributed by atoms with E-state index < -0.39 is 18.3 Å². The van der Waals surface area contributed by atoms with Crippen LogP contribution in [0.3, 0.4) is 0 Å². The van der Waals surface area contributed by atoms with Crippen molar-refractivity contribution in [3.05, 3.63) is 120 Å². The topological polar surface area (TPSA) is 47.9 Å². The van der Waals surface area contributed by atoms with Crippen molar-refractivity contribution in [3.63, 3.8) is 0 Å². The Morgan fingerprint density at radius 3 is 1.53 bits per heavy atom. The van der Waals surface area contributed by atoms with Gasteiger partial charge >= 0.3 is 0 Å². The summed E-state index contributed by atoms with van der Waals surface area (Å²) in [5.74, 6) is 0. The summed E-state index contributed by atoms with van der Waals surface area (Å²) in [7, 11) is 0. The molecule has 166 valence electrons. The normalized spacial score (nSPS) is 23.0. The Kier molecular flexibility index (Phi) is 8.23. The molecule has 32 heavy (non-hydrogen) atoms. The Morgan fingerprint density at radius 2 is 1.03 bits per heavy atom. The predicted molar refractivity (Wildman–Crippen MR) is 125 cm³/mol. The van der Waals surface area contributed by atoms with Gasteiger partial charge in [0.25, 0.3) is 0 Å². The molecule has 4 atom stereocenters. The van der Waals surface area contributed by atoms with E-state index in [0.717, 1.165) is 16.7 Å². The Labute approximate surface area is 190 Å². The maximum atomic E-state index is 10.9. The molecule has 1 N–H and O–H groups in total. The molecular formula is C28H30O4. The van der Waals surface area contributed by atoms with E-state index in [1.54, 1.807) is 0 Å². The van der Waals surface area contributed by atoms with Gasteiger partial charge in [0.2, 0.25) is 0 Å². The van der Waals surface area contributed by atoms with Gasteiger partial charge in [-0.3, -0.25) is 0 Å². The minimum absolute atomic E-state index is 0.336. The Bertz CT molecular complexity index is 943. The van der Waals surface area contributed by atoms with E-state index in [2.05, 4.69) is 0 Å². The summed E-state index contributed by atoms with van der Waals surface area (Å²) in [5, 5.41) is 10.9. The van der Waals surface area contributed by atoms with Gasteiger partial charge in [0, 0.05) is 0 Å². The predicted octanol–water partition coefficient (Wildman–Crippen LogP) is 5.06. The van der Waals surface area contributed by atoms with Crippen molar-refractivity contribution in [2.24, 2.45) is 0 Å². The molecule has 1 aliphatic carbocycles. The molecule has 0 saturated heterocycles. The van der Waals surface area contributed by atoms with Crippen LogP contribution in [-0.4, -0.2) is 29.5 Å². The third-order valence-corrected chi connectivity index (χ3v) is 5.59. The molecule has 0 amide bonds. The van der Waals surface area contributed by atoms with Crippen molar-refractivity contribution in [1.82, 2.24) is 0 Å². The highest BCUT2D eigenvalue weighted by atomic mass is 16.6. The largest absolute Gasteiger partial charge is 0.390 e. The van der Waals surface area contributed by atoms with Crippen LogP contribution in [0.15, 0.2) is 103 Å². The van der Waals surface area contributed by atoms with E-state index >= 15 is 0 Å². The molecule has 0 saturated carbocycles. The SMILES string of the molecule is OC1CC=CC(OCc2ccccc2)C(OCc2ccccc2)C1OCc1ccccc1. The summed E-state index contributed by atoms with van der Waals surface area (Å²) in [6, 6.07) is 30.1. The molecular weight excluding hydrogens is 400 g/mol. The van der Waals surface area contributed by atoms with Crippen molar-refractivity contribution in [2.75, 3.05) is 0 Å². The van der Waals surface area contributed by atoms with Gasteiger partial charge in [0.05, 0.1) is 25.9 Å². The third-order valence-electron chi connectivity index (χ3n) is 5.59. The summed E-state index contributed by atoms with van der Waals surface area (Å²) in [6.07, 6.45) is 2.47. The van der Waals surface area contributed by atoms with Crippen molar-refractivity contribution in [2.45, 2.75) is 50.7 Å². The van der Waals surface area contributed by atoms with E-state index in [9.17, 15) is 5.11 Å². The number of benzene rings is 3. The number of aliphatic hydroxyl groups is 1. The molecule has 0 aromatic heterocycles. The van der Waals surface area contributed by atoms with E-state index in [1.165, 1.54) is 0 Å². The summed E-state index contributed by atoms with van der Waals surface area (Å²) < 4.78 is 18.9. The fourth-order valence-electron chi connectivity index (χ4n) is 3.85. The van der Waals surface area contributed by atoms with Crippen LogP contribution in [0, 0.1) is 0 Å². The monoisotopic (exact) mass is 430 g/mol. The first kappa shape index (κ1) is 22.4. The van der Waals surface area contributed by atoms with E-state index in [0.29, 0.717) is 26.2 Å². The highest BCUT2D eigenvalue weighted by Gasteiger charge is 2.37. The molecule has 3 aromatic carbocycles. The van der Waals surface area contributed by atoms with Crippen molar-refractivity contribution in [3.8, 4) is 0 Å². The molecule has 0 spiro atoms. The van der Waals surface area contributed by atoms with Gasteiger partial charge in [-0.2, -0.15) is 0 Å². The second-order valence-electron chi connectivity index (χ2n) is 8.01. The third kappa shape index (κ3) is 6.38. The average Bonchev–Trinajstić information content (AvgIpc) is 3.00. The fraction of sp³-hybridized carbons (Fsp3) is 0.286. The van der Waals surface area contributed by atoms with Gasteiger partial charge in [-0.1, -0.05) is 103 Å². The van der Waals surface area contributed by atoms with Gasteiger partial charge in [-0.05, 0) is 23.1 Å². The van der Waals surface area contributed by atoms with Crippen molar-refractivity contribution in [1.29, 1.82) is 0 Å². The lowest BCUT2D eigenvalue weighted by atomic mass is 10.0. The summed E-state index contributed by atoms with van der Waals surface area (Å²) in [5.41, 5.74) is 3.22. The Hall–Kier alpha value is -2.76. The number of aliphatic hydroxyl groups excluding tert-OH is 1.